The zero-order chi connectivity index (χ0) is 18.5. The molecule has 3 rings (SSSR count). The molecule has 7 heteroatoms. The first-order valence-electron chi connectivity index (χ1n) is 8.10. The number of aryl methyl sites for hydroxylation is 2. The highest BCUT2D eigenvalue weighted by Crippen LogP contribution is 2.29. The molecule has 0 unspecified atom stereocenters. The lowest BCUT2D eigenvalue weighted by atomic mass is 10.1. The van der Waals surface area contributed by atoms with E-state index in [1.165, 1.54) is 7.11 Å². The molecule has 2 heterocycles. The first-order chi connectivity index (χ1) is 12.6. The molecule has 0 spiro atoms. The van der Waals surface area contributed by atoms with Gasteiger partial charge >= 0.3 is 0 Å². The normalized spacial score (nSPS) is 10.6. The van der Waals surface area contributed by atoms with Crippen LogP contribution in [0.15, 0.2) is 45.7 Å². The van der Waals surface area contributed by atoms with E-state index in [9.17, 15) is 4.79 Å². The van der Waals surface area contributed by atoms with Crippen molar-refractivity contribution in [2.24, 2.45) is 0 Å². The molecule has 1 aromatic carbocycles. The van der Waals surface area contributed by atoms with Crippen LogP contribution in [0, 0.1) is 13.8 Å². The van der Waals surface area contributed by atoms with Crippen LogP contribution in [0.25, 0.3) is 0 Å². The van der Waals surface area contributed by atoms with Gasteiger partial charge in [0.05, 0.1) is 30.9 Å². The Morgan fingerprint density at radius 3 is 2.73 bits per heavy atom. The minimum Gasteiger partial charge on any atom is -0.493 e. The maximum absolute atomic E-state index is 12.3. The summed E-state index contributed by atoms with van der Waals surface area (Å²) in [4.78, 5) is 12.3. The first kappa shape index (κ1) is 17.6. The van der Waals surface area contributed by atoms with Gasteiger partial charge in [0.25, 0.3) is 5.91 Å². The molecule has 0 radical (unpaired) electrons. The van der Waals surface area contributed by atoms with Crippen LogP contribution in [0.4, 0.5) is 0 Å². The van der Waals surface area contributed by atoms with Gasteiger partial charge in [0.2, 0.25) is 0 Å². The Hall–Kier alpha value is -3.22. The van der Waals surface area contributed by atoms with E-state index in [-0.39, 0.29) is 5.91 Å². The summed E-state index contributed by atoms with van der Waals surface area (Å²) in [5.41, 5.74) is 3.06. The summed E-state index contributed by atoms with van der Waals surface area (Å²) in [5.74, 6) is 1.53. The third-order valence-corrected chi connectivity index (χ3v) is 4.01. The van der Waals surface area contributed by atoms with Crippen LogP contribution in [0.2, 0.25) is 0 Å². The maximum atomic E-state index is 12.3. The minimum atomic E-state index is -0.207. The molecule has 0 aliphatic heterocycles. The quantitative estimate of drug-likeness (QED) is 0.698. The number of hydrogen-bond donors (Lipinski definition) is 1. The number of carbonyl (C=O) groups is 1. The van der Waals surface area contributed by atoms with E-state index in [0.717, 1.165) is 22.6 Å². The summed E-state index contributed by atoms with van der Waals surface area (Å²) in [6, 6.07) is 6.85. The molecule has 0 aliphatic carbocycles. The van der Waals surface area contributed by atoms with Crippen molar-refractivity contribution in [3.8, 4) is 11.5 Å². The molecule has 0 aliphatic rings. The van der Waals surface area contributed by atoms with Crippen LogP contribution < -0.4 is 14.8 Å². The predicted octanol–water partition coefficient (Wildman–Crippen LogP) is 3.40. The van der Waals surface area contributed by atoms with Crippen molar-refractivity contribution < 1.29 is 23.2 Å². The second-order valence-electron chi connectivity index (χ2n) is 5.77. The molecule has 0 fully saturated rings. The predicted molar refractivity (Wildman–Crippen MR) is 93.2 cm³/mol. The van der Waals surface area contributed by atoms with E-state index in [2.05, 4.69) is 10.5 Å². The smallest absolute Gasteiger partial charge is 0.251 e. The number of nitrogens with one attached hydrogen (secondary N) is 1. The zero-order valence-corrected chi connectivity index (χ0v) is 14.9. The molecule has 7 nitrogen and oxygen atoms in total. The molecule has 0 saturated carbocycles. The van der Waals surface area contributed by atoms with Gasteiger partial charge in [0.15, 0.2) is 11.5 Å². The standard InChI is InChI=1S/C19H20N2O5/c1-12-16(13(2)26-21-12)11-25-17-5-4-15(8-18(17)23-3)19(22)20-9-14-6-7-24-10-14/h4-8,10H,9,11H2,1-3H3,(H,20,22). The Balaban J connectivity index is 1.67. The Bertz CT molecular complexity index is 864. The summed E-state index contributed by atoms with van der Waals surface area (Å²) >= 11 is 0. The summed E-state index contributed by atoms with van der Waals surface area (Å²) in [7, 11) is 1.53. The Morgan fingerprint density at radius 1 is 1.23 bits per heavy atom. The van der Waals surface area contributed by atoms with Crippen LogP contribution in [0.5, 0.6) is 11.5 Å². The second kappa shape index (κ2) is 7.77. The lowest BCUT2D eigenvalue weighted by Crippen LogP contribution is -2.22. The number of ether oxygens (including phenoxy) is 2. The minimum absolute atomic E-state index is 0.207. The van der Waals surface area contributed by atoms with E-state index < -0.39 is 0 Å². The molecule has 26 heavy (non-hydrogen) atoms. The van der Waals surface area contributed by atoms with Crippen LogP contribution in [-0.4, -0.2) is 18.2 Å². The third kappa shape index (κ3) is 3.88. The summed E-state index contributed by atoms with van der Waals surface area (Å²) in [6.45, 7) is 4.40. The maximum Gasteiger partial charge on any atom is 0.251 e. The topological polar surface area (TPSA) is 86.7 Å². The second-order valence-corrected chi connectivity index (χ2v) is 5.77. The van der Waals surface area contributed by atoms with Crippen LogP contribution in [0.1, 0.15) is 32.9 Å². The number of furan rings is 1. The van der Waals surface area contributed by atoms with Gasteiger partial charge in [0.1, 0.15) is 12.4 Å². The number of carbonyl (C=O) groups excluding carboxylic acids is 1. The van der Waals surface area contributed by atoms with Crippen molar-refractivity contribution in [1.82, 2.24) is 10.5 Å². The van der Waals surface area contributed by atoms with Gasteiger partial charge in [-0.3, -0.25) is 4.79 Å². The molecule has 3 aromatic rings. The zero-order valence-electron chi connectivity index (χ0n) is 14.9. The SMILES string of the molecule is COc1cc(C(=O)NCc2ccoc2)ccc1OCc1c(C)noc1C. The van der Waals surface area contributed by atoms with Gasteiger partial charge in [-0.25, -0.2) is 0 Å². The highest BCUT2D eigenvalue weighted by molar-refractivity contribution is 5.94. The van der Waals surface area contributed by atoms with Crippen molar-refractivity contribution in [2.45, 2.75) is 27.0 Å². The number of hydrogen-bond acceptors (Lipinski definition) is 6. The average molecular weight is 356 g/mol. The molecule has 1 N–H and O–H groups in total. The van der Waals surface area contributed by atoms with Gasteiger partial charge in [-0.05, 0) is 38.1 Å². The number of aromatic nitrogens is 1. The fraction of sp³-hybridized carbons (Fsp3) is 0.263. The summed E-state index contributed by atoms with van der Waals surface area (Å²) in [6.07, 6.45) is 3.15. The highest BCUT2D eigenvalue weighted by atomic mass is 16.5. The van der Waals surface area contributed by atoms with Crippen LogP contribution in [-0.2, 0) is 13.2 Å². The molecule has 0 bridgehead atoms. The summed E-state index contributed by atoms with van der Waals surface area (Å²) < 4.78 is 21.3. The van der Waals surface area contributed by atoms with Crippen LogP contribution >= 0.6 is 0 Å². The van der Waals surface area contributed by atoms with E-state index in [1.807, 2.05) is 13.8 Å². The fourth-order valence-electron chi connectivity index (χ4n) is 2.46. The molecule has 0 atom stereocenters. The molecule has 1 amide bonds. The average Bonchev–Trinajstić information content (AvgIpc) is 3.28. The monoisotopic (exact) mass is 356 g/mol. The Kier molecular flexibility index (Phi) is 5.26. The fourth-order valence-corrected chi connectivity index (χ4v) is 2.46. The first-order valence-corrected chi connectivity index (χ1v) is 8.10. The lowest BCUT2D eigenvalue weighted by Gasteiger charge is -2.12. The highest BCUT2D eigenvalue weighted by Gasteiger charge is 2.14. The Labute approximate surface area is 150 Å². The number of methoxy groups -OCH3 is 1. The number of benzene rings is 1. The van der Waals surface area contributed by atoms with E-state index in [4.69, 9.17) is 18.4 Å². The van der Waals surface area contributed by atoms with Crippen molar-refractivity contribution in [3.63, 3.8) is 0 Å². The van der Waals surface area contributed by atoms with Gasteiger partial charge in [0, 0.05) is 17.7 Å². The van der Waals surface area contributed by atoms with Crippen molar-refractivity contribution in [3.05, 3.63) is 64.9 Å². The van der Waals surface area contributed by atoms with Crippen molar-refractivity contribution in [1.29, 1.82) is 0 Å². The Morgan fingerprint density at radius 2 is 2.08 bits per heavy atom. The largest absolute Gasteiger partial charge is 0.493 e. The molecule has 136 valence electrons. The van der Waals surface area contributed by atoms with Crippen LogP contribution in [0.3, 0.4) is 0 Å². The van der Waals surface area contributed by atoms with E-state index in [0.29, 0.717) is 30.2 Å². The lowest BCUT2D eigenvalue weighted by molar-refractivity contribution is 0.0950. The van der Waals surface area contributed by atoms with Gasteiger partial charge in [-0.1, -0.05) is 5.16 Å². The molecular formula is C19H20N2O5. The van der Waals surface area contributed by atoms with E-state index >= 15 is 0 Å². The number of nitrogens with zero attached hydrogens (tertiary/aromatic N) is 1. The van der Waals surface area contributed by atoms with Crippen molar-refractivity contribution in [2.75, 3.05) is 7.11 Å². The number of rotatable bonds is 7. The summed E-state index contributed by atoms with van der Waals surface area (Å²) in [5, 5.41) is 6.73. The van der Waals surface area contributed by atoms with Gasteiger partial charge in [-0.15, -0.1) is 0 Å². The van der Waals surface area contributed by atoms with Gasteiger partial charge in [-0.2, -0.15) is 0 Å². The number of amides is 1. The molecular weight excluding hydrogens is 336 g/mol. The molecule has 0 saturated heterocycles. The third-order valence-electron chi connectivity index (χ3n) is 4.01. The van der Waals surface area contributed by atoms with Crippen molar-refractivity contribution >= 4 is 5.91 Å². The van der Waals surface area contributed by atoms with Gasteiger partial charge < -0.3 is 23.7 Å². The molecule has 2 aromatic heterocycles. The van der Waals surface area contributed by atoms with E-state index in [1.54, 1.807) is 36.8 Å².